The van der Waals surface area contributed by atoms with Crippen LogP contribution in [-0.4, -0.2) is 12.1 Å². The summed E-state index contributed by atoms with van der Waals surface area (Å²) < 4.78 is 5.77. The van der Waals surface area contributed by atoms with Crippen molar-refractivity contribution in [1.82, 2.24) is 4.98 Å². The first-order valence-corrected chi connectivity index (χ1v) is 4.90. The number of rotatable bonds is 1. The Kier molecular flexibility index (Phi) is 5.46. The van der Waals surface area contributed by atoms with E-state index in [4.69, 9.17) is 10.5 Å². The van der Waals surface area contributed by atoms with Crippen LogP contribution < -0.4 is 10.5 Å². The molecule has 0 amide bonds. The molecule has 1 aromatic heterocycles. The minimum absolute atomic E-state index is 0.575. The van der Waals surface area contributed by atoms with Gasteiger partial charge in [0, 0.05) is 11.8 Å². The molecule has 4 heteroatoms. The fraction of sp³-hybridized carbons (Fsp3) is 0.444. The predicted molar refractivity (Wildman–Crippen MR) is 59.0 cm³/mol. The van der Waals surface area contributed by atoms with Gasteiger partial charge in [-0.25, -0.2) is 4.98 Å². The number of hydrogen-bond donors (Lipinski definition) is 1. The molecule has 3 nitrogen and oxygen atoms in total. The van der Waals surface area contributed by atoms with Gasteiger partial charge in [0.25, 0.3) is 0 Å². The molecule has 0 saturated heterocycles. The monoisotopic (exact) mass is 246 g/mol. The van der Waals surface area contributed by atoms with Crippen molar-refractivity contribution in [2.24, 2.45) is 0 Å². The van der Waals surface area contributed by atoms with E-state index in [1.807, 2.05) is 20.8 Å². The van der Waals surface area contributed by atoms with Gasteiger partial charge in [0.2, 0.25) is 5.88 Å². The molecule has 0 aliphatic heterocycles. The number of anilines is 1. The molecule has 74 valence electrons. The van der Waals surface area contributed by atoms with Gasteiger partial charge in [-0.05, 0) is 22.9 Å². The third kappa shape index (κ3) is 2.88. The minimum Gasteiger partial charge on any atom is -0.481 e. The molecule has 0 radical (unpaired) electrons. The van der Waals surface area contributed by atoms with Gasteiger partial charge < -0.3 is 10.5 Å². The number of nitrogen functional groups attached to an aromatic ring is 1. The average Bonchev–Trinajstić information content (AvgIpc) is 2.18. The second-order valence-electron chi connectivity index (χ2n) is 2.15. The Morgan fingerprint density at radius 1 is 1.46 bits per heavy atom. The number of methoxy groups -OCH3 is 1. The van der Waals surface area contributed by atoms with E-state index in [0.717, 1.165) is 10.0 Å². The van der Waals surface area contributed by atoms with Crippen LogP contribution in [0, 0.1) is 6.92 Å². The summed E-state index contributed by atoms with van der Waals surface area (Å²) in [5, 5.41) is 0. The van der Waals surface area contributed by atoms with Crippen molar-refractivity contribution in [1.29, 1.82) is 0 Å². The van der Waals surface area contributed by atoms with Crippen molar-refractivity contribution < 1.29 is 4.74 Å². The smallest absolute Gasteiger partial charge is 0.218 e. The molecule has 0 aliphatic carbocycles. The molecule has 0 aliphatic rings. The van der Waals surface area contributed by atoms with Crippen molar-refractivity contribution in [3.05, 3.63) is 16.2 Å². The first-order chi connectivity index (χ1) is 6.16. The molecule has 0 saturated carbocycles. The van der Waals surface area contributed by atoms with Gasteiger partial charge in [-0.15, -0.1) is 0 Å². The summed E-state index contributed by atoms with van der Waals surface area (Å²) in [5.41, 5.74) is 7.23. The minimum atomic E-state index is 0.575. The Morgan fingerprint density at radius 2 is 2.00 bits per heavy atom. The van der Waals surface area contributed by atoms with Crippen LogP contribution >= 0.6 is 15.9 Å². The molecule has 13 heavy (non-hydrogen) atoms. The van der Waals surface area contributed by atoms with Gasteiger partial charge in [0.1, 0.15) is 0 Å². The maximum absolute atomic E-state index is 5.69. The second kappa shape index (κ2) is 5.80. The molecule has 1 aromatic rings. The van der Waals surface area contributed by atoms with Crippen molar-refractivity contribution in [2.75, 3.05) is 12.8 Å². The van der Waals surface area contributed by atoms with Crippen LogP contribution in [0.1, 0.15) is 19.4 Å². The van der Waals surface area contributed by atoms with Crippen LogP contribution in [0.25, 0.3) is 0 Å². The third-order valence-electron chi connectivity index (χ3n) is 1.47. The van der Waals surface area contributed by atoms with E-state index >= 15 is 0 Å². The normalized spacial score (nSPS) is 8.69. The van der Waals surface area contributed by atoms with Crippen LogP contribution in [-0.2, 0) is 0 Å². The zero-order valence-corrected chi connectivity index (χ0v) is 9.97. The predicted octanol–water partition coefficient (Wildman–Crippen LogP) is 2.77. The number of nitrogens with two attached hydrogens (primary N) is 1. The summed E-state index contributed by atoms with van der Waals surface area (Å²) in [6.45, 7) is 5.87. The van der Waals surface area contributed by atoms with Gasteiger partial charge in [0.05, 0.1) is 17.3 Å². The highest BCUT2D eigenvalue weighted by molar-refractivity contribution is 9.10. The summed E-state index contributed by atoms with van der Waals surface area (Å²) >= 11 is 3.27. The Balaban J connectivity index is 0.000000671. The standard InChI is InChI=1S/C7H9BrN2O.C2H6/c1-4-6(9)5(8)3-10-7(4)11-2;1-2/h3H,1-2H3,(H2,9,10);1-2H3. The fourth-order valence-corrected chi connectivity index (χ4v) is 1.18. The van der Waals surface area contributed by atoms with Gasteiger partial charge >= 0.3 is 0 Å². The van der Waals surface area contributed by atoms with E-state index in [0.29, 0.717) is 11.6 Å². The summed E-state index contributed by atoms with van der Waals surface area (Å²) in [6, 6.07) is 0. The average molecular weight is 247 g/mol. The van der Waals surface area contributed by atoms with Crippen LogP contribution in [0.5, 0.6) is 5.88 Å². The summed E-state index contributed by atoms with van der Waals surface area (Å²) in [6.07, 6.45) is 1.63. The van der Waals surface area contributed by atoms with Crippen molar-refractivity contribution >= 4 is 21.6 Å². The molecular weight excluding hydrogens is 232 g/mol. The van der Waals surface area contributed by atoms with Crippen molar-refractivity contribution in [3.8, 4) is 5.88 Å². The Morgan fingerprint density at radius 3 is 2.46 bits per heavy atom. The molecule has 0 unspecified atom stereocenters. The molecule has 0 aromatic carbocycles. The zero-order valence-electron chi connectivity index (χ0n) is 8.39. The maximum atomic E-state index is 5.69. The fourth-order valence-electron chi connectivity index (χ4n) is 0.782. The van der Waals surface area contributed by atoms with Crippen LogP contribution in [0.2, 0.25) is 0 Å². The summed E-state index contributed by atoms with van der Waals surface area (Å²) in [7, 11) is 1.57. The van der Waals surface area contributed by atoms with Crippen LogP contribution in [0.3, 0.4) is 0 Å². The summed E-state index contributed by atoms with van der Waals surface area (Å²) in [5.74, 6) is 0.575. The number of hydrogen-bond acceptors (Lipinski definition) is 3. The molecule has 0 spiro atoms. The molecule has 0 bridgehead atoms. The second-order valence-corrected chi connectivity index (χ2v) is 3.01. The molecule has 2 N–H and O–H groups in total. The van der Waals surface area contributed by atoms with Crippen LogP contribution in [0.4, 0.5) is 5.69 Å². The van der Waals surface area contributed by atoms with Gasteiger partial charge in [-0.3, -0.25) is 0 Å². The van der Waals surface area contributed by atoms with E-state index in [1.165, 1.54) is 0 Å². The summed E-state index contributed by atoms with van der Waals surface area (Å²) in [4.78, 5) is 4.01. The van der Waals surface area contributed by atoms with E-state index in [9.17, 15) is 0 Å². The first-order valence-electron chi connectivity index (χ1n) is 4.11. The number of aromatic nitrogens is 1. The molecule has 0 fully saturated rings. The van der Waals surface area contributed by atoms with E-state index in [1.54, 1.807) is 13.3 Å². The van der Waals surface area contributed by atoms with Gasteiger partial charge in [0.15, 0.2) is 0 Å². The SMILES string of the molecule is CC.COc1ncc(Br)c(N)c1C. The maximum Gasteiger partial charge on any atom is 0.218 e. The van der Waals surface area contributed by atoms with Gasteiger partial charge in [-0.2, -0.15) is 0 Å². The topological polar surface area (TPSA) is 48.1 Å². The molecule has 0 atom stereocenters. The lowest BCUT2D eigenvalue weighted by Crippen LogP contribution is -1.97. The molecular formula is C9H15BrN2O. The van der Waals surface area contributed by atoms with E-state index in [-0.39, 0.29) is 0 Å². The Bertz CT molecular complexity index is 277. The third-order valence-corrected chi connectivity index (χ3v) is 2.10. The lowest BCUT2D eigenvalue weighted by atomic mass is 10.2. The Hall–Kier alpha value is -0.770. The van der Waals surface area contributed by atoms with Gasteiger partial charge in [-0.1, -0.05) is 13.8 Å². The highest BCUT2D eigenvalue weighted by Gasteiger charge is 2.05. The van der Waals surface area contributed by atoms with Crippen molar-refractivity contribution in [3.63, 3.8) is 0 Å². The largest absolute Gasteiger partial charge is 0.481 e. The Labute approximate surface area is 87.4 Å². The first kappa shape index (κ1) is 12.2. The zero-order chi connectivity index (χ0) is 10.4. The van der Waals surface area contributed by atoms with E-state index in [2.05, 4.69) is 20.9 Å². The number of nitrogens with zero attached hydrogens (tertiary/aromatic N) is 1. The van der Waals surface area contributed by atoms with Crippen LogP contribution in [0.15, 0.2) is 10.7 Å². The van der Waals surface area contributed by atoms with Crippen molar-refractivity contribution in [2.45, 2.75) is 20.8 Å². The number of ether oxygens (including phenoxy) is 1. The highest BCUT2D eigenvalue weighted by Crippen LogP contribution is 2.27. The quantitative estimate of drug-likeness (QED) is 0.830. The molecule has 1 rings (SSSR count). The lowest BCUT2D eigenvalue weighted by Gasteiger charge is -2.06. The lowest BCUT2D eigenvalue weighted by molar-refractivity contribution is 0.395. The van der Waals surface area contributed by atoms with E-state index < -0.39 is 0 Å². The highest BCUT2D eigenvalue weighted by atomic mass is 79.9. The number of halogens is 1. The molecule has 1 heterocycles. The number of pyridine rings is 1.